The summed E-state index contributed by atoms with van der Waals surface area (Å²) < 4.78 is 13.0. The van der Waals surface area contributed by atoms with Crippen molar-refractivity contribution < 1.29 is 19.1 Å². The molecule has 1 aromatic heterocycles. The zero-order chi connectivity index (χ0) is 21.1. The van der Waals surface area contributed by atoms with Gasteiger partial charge in [-0.2, -0.15) is 0 Å². The van der Waals surface area contributed by atoms with Crippen molar-refractivity contribution in [2.45, 2.75) is 12.3 Å². The van der Waals surface area contributed by atoms with Gasteiger partial charge in [-0.3, -0.25) is 4.79 Å². The first-order valence-electron chi connectivity index (χ1n) is 9.61. The third kappa shape index (κ3) is 4.15. The molecule has 4 rings (SSSR count). The van der Waals surface area contributed by atoms with Crippen LogP contribution in [0.25, 0.3) is 0 Å². The number of anilines is 2. The molecule has 2 heterocycles. The highest BCUT2D eigenvalue weighted by Gasteiger charge is 2.28. The van der Waals surface area contributed by atoms with Crippen molar-refractivity contribution in [3.05, 3.63) is 89.4 Å². The number of amides is 1. The van der Waals surface area contributed by atoms with Crippen LogP contribution in [-0.4, -0.2) is 35.1 Å². The van der Waals surface area contributed by atoms with Gasteiger partial charge in [-0.25, -0.2) is 14.2 Å². The number of aromatic nitrogens is 1. The molecule has 0 saturated carbocycles. The van der Waals surface area contributed by atoms with Gasteiger partial charge in [-0.1, -0.05) is 30.3 Å². The lowest BCUT2D eigenvalue weighted by molar-refractivity contribution is 0.0696. The highest BCUT2D eigenvalue weighted by atomic mass is 19.1. The van der Waals surface area contributed by atoms with Crippen LogP contribution in [0.15, 0.2) is 66.9 Å². The van der Waals surface area contributed by atoms with Gasteiger partial charge in [0.2, 0.25) is 0 Å². The molecular formula is C23H20FN3O3. The molecule has 1 fully saturated rings. The van der Waals surface area contributed by atoms with Gasteiger partial charge in [0.1, 0.15) is 17.2 Å². The number of carbonyl (C=O) groups excluding carboxylic acids is 1. The lowest BCUT2D eigenvalue weighted by Crippen LogP contribution is -2.23. The number of rotatable bonds is 5. The Balaban J connectivity index is 1.53. The third-order valence-corrected chi connectivity index (χ3v) is 5.22. The van der Waals surface area contributed by atoms with Crippen molar-refractivity contribution in [3.8, 4) is 0 Å². The van der Waals surface area contributed by atoms with E-state index in [1.54, 1.807) is 0 Å². The van der Waals surface area contributed by atoms with E-state index in [4.69, 9.17) is 0 Å². The second kappa shape index (κ2) is 8.32. The van der Waals surface area contributed by atoms with Crippen LogP contribution in [0.3, 0.4) is 0 Å². The Morgan fingerprint density at radius 1 is 1.10 bits per heavy atom. The normalized spacial score (nSPS) is 15.8. The highest BCUT2D eigenvalue weighted by molar-refractivity contribution is 6.05. The molecule has 152 valence electrons. The number of pyridine rings is 1. The average molecular weight is 405 g/mol. The number of carboxylic acid groups (broad SMARTS) is 1. The molecule has 1 unspecified atom stereocenters. The summed E-state index contributed by atoms with van der Waals surface area (Å²) in [5, 5.41) is 12.3. The molecule has 1 atom stereocenters. The van der Waals surface area contributed by atoms with Crippen molar-refractivity contribution in [2.24, 2.45) is 0 Å². The second-order valence-electron chi connectivity index (χ2n) is 7.20. The molecule has 0 spiro atoms. The lowest BCUT2D eigenvalue weighted by atomic mass is 9.99. The number of hydrogen-bond acceptors (Lipinski definition) is 4. The topological polar surface area (TPSA) is 82.5 Å². The van der Waals surface area contributed by atoms with Gasteiger partial charge in [-0.05, 0) is 42.3 Å². The fourth-order valence-electron chi connectivity index (χ4n) is 3.69. The molecule has 2 aromatic carbocycles. The largest absolute Gasteiger partial charge is 0.478 e. The number of hydrogen-bond donors (Lipinski definition) is 2. The number of aromatic carboxylic acids is 1. The Morgan fingerprint density at radius 3 is 2.53 bits per heavy atom. The molecule has 2 N–H and O–H groups in total. The molecule has 7 heteroatoms. The summed E-state index contributed by atoms with van der Waals surface area (Å²) in [5.41, 5.74) is 1.78. The maximum Gasteiger partial charge on any atom is 0.339 e. The Labute approximate surface area is 173 Å². The van der Waals surface area contributed by atoms with Gasteiger partial charge in [0, 0.05) is 24.6 Å². The zero-order valence-corrected chi connectivity index (χ0v) is 16.1. The highest BCUT2D eigenvalue weighted by Crippen LogP contribution is 2.32. The van der Waals surface area contributed by atoms with E-state index in [2.05, 4.69) is 22.4 Å². The summed E-state index contributed by atoms with van der Waals surface area (Å²) in [6.45, 7) is 1.38. The van der Waals surface area contributed by atoms with Gasteiger partial charge in [-0.15, -0.1) is 0 Å². The molecule has 1 amide bonds. The summed E-state index contributed by atoms with van der Waals surface area (Å²) in [6, 6.07) is 16.6. The minimum Gasteiger partial charge on any atom is -0.478 e. The number of carboxylic acids is 1. The van der Waals surface area contributed by atoms with E-state index in [-0.39, 0.29) is 16.8 Å². The van der Waals surface area contributed by atoms with Crippen LogP contribution >= 0.6 is 0 Å². The van der Waals surface area contributed by atoms with Crippen LogP contribution in [0.4, 0.5) is 15.9 Å². The van der Waals surface area contributed by atoms with Crippen LogP contribution in [0, 0.1) is 5.82 Å². The Hall–Kier alpha value is -3.74. The van der Waals surface area contributed by atoms with Gasteiger partial charge < -0.3 is 15.3 Å². The van der Waals surface area contributed by atoms with Crippen molar-refractivity contribution in [3.63, 3.8) is 0 Å². The van der Waals surface area contributed by atoms with E-state index >= 15 is 0 Å². The van der Waals surface area contributed by atoms with Crippen molar-refractivity contribution in [2.75, 3.05) is 23.3 Å². The minimum absolute atomic E-state index is 0.0283. The molecule has 1 aliphatic rings. The zero-order valence-electron chi connectivity index (χ0n) is 16.1. The first kappa shape index (κ1) is 19.6. The predicted molar refractivity (Wildman–Crippen MR) is 112 cm³/mol. The van der Waals surface area contributed by atoms with Gasteiger partial charge in [0.25, 0.3) is 5.91 Å². The van der Waals surface area contributed by atoms with E-state index in [1.165, 1.54) is 42.1 Å². The molecule has 0 bridgehead atoms. The van der Waals surface area contributed by atoms with Gasteiger partial charge in [0.05, 0.1) is 11.9 Å². The predicted octanol–water partition coefficient (Wildman–Crippen LogP) is 4.17. The monoisotopic (exact) mass is 405 g/mol. The third-order valence-electron chi connectivity index (χ3n) is 5.22. The molecule has 1 aliphatic heterocycles. The molecule has 30 heavy (non-hydrogen) atoms. The van der Waals surface area contributed by atoms with Crippen molar-refractivity contribution in [1.82, 2.24) is 4.98 Å². The Kier molecular flexibility index (Phi) is 5.43. The summed E-state index contributed by atoms with van der Waals surface area (Å²) >= 11 is 0. The number of nitrogens with zero attached hydrogens (tertiary/aromatic N) is 2. The number of nitrogens with one attached hydrogen (secondary N) is 1. The number of halogens is 1. The second-order valence-corrected chi connectivity index (χ2v) is 7.20. The molecule has 6 nitrogen and oxygen atoms in total. The summed E-state index contributed by atoms with van der Waals surface area (Å²) in [5.74, 6) is -1.32. The Bertz CT molecular complexity index is 1070. The van der Waals surface area contributed by atoms with Crippen LogP contribution in [0.5, 0.6) is 0 Å². The standard InChI is InChI=1S/C23H20FN3O3/c24-18-8-6-16(7-9-18)22(28)26-19-12-20(23(29)30)21(25-13-19)27-11-10-17(14-27)15-4-2-1-3-5-15/h1-9,12-13,17H,10-11,14H2,(H,26,28)(H,29,30). The molecule has 0 radical (unpaired) electrons. The summed E-state index contributed by atoms with van der Waals surface area (Å²) in [4.78, 5) is 30.5. The van der Waals surface area contributed by atoms with E-state index in [0.29, 0.717) is 24.8 Å². The molecule has 0 aliphatic carbocycles. The average Bonchev–Trinajstić information content (AvgIpc) is 3.25. The van der Waals surface area contributed by atoms with E-state index in [1.807, 2.05) is 23.1 Å². The van der Waals surface area contributed by atoms with Crippen molar-refractivity contribution >= 4 is 23.4 Å². The maximum absolute atomic E-state index is 13.0. The fourth-order valence-corrected chi connectivity index (χ4v) is 3.69. The van der Waals surface area contributed by atoms with Crippen LogP contribution in [-0.2, 0) is 0 Å². The van der Waals surface area contributed by atoms with Gasteiger partial charge >= 0.3 is 5.97 Å². The summed E-state index contributed by atoms with van der Waals surface area (Å²) in [6.07, 6.45) is 2.35. The molecule has 1 saturated heterocycles. The first-order chi connectivity index (χ1) is 14.5. The quantitative estimate of drug-likeness (QED) is 0.666. The van der Waals surface area contributed by atoms with Gasteiger partial charge in [0.15, 0.2) is 0 Å². The van der Waals surface area contributed by atoms with E-state index in [0.717, 1.165) is 6.42 Å². The molecular weight excluding hydrogens is 385 g/mol. The van der Waals surface area contributed by atoms with Crippen LogP contribution in [0.2, 0.25) is 0 Å². The summed E-state index contributed by atoms with van der Waals surface area (Å²) in [7, 11) is 0. The van der Waals surface area contributed by atoms with E-state index < -0.39 is 17.7 Å². The lowest BCUT2D eigenvalue weighted by Gasteiger charge is -2.20. The van der Waals surface area contributed by atoms with E-state index in [9.17, 15) is 19.1 Å². The minimum atomic E-state index is -1.11. The maximum atomic E-state index is 13.0. The molecule has 3 aromatic rings. The number of benzene rings is 2. The fraction of sp³-hybridized carbons (Fsp3) is 0.174. The first-order valence-corrected chi connectivity index (χ1v) is 9.61. The van der Waals surface area contributed by atoms with Crippen LogP contribution in [0.1, 0.15) is 38.6 Å². The number of carbonyl (C=O) groups is 2. The van der Waals surface area contributed by atoms with Crippen molar-refractivity contribution in [1.29, 1.82) is 0 Å². The Morgan fingerprint density at radius 2 is 1.83 bits per heavy atom. The smallest absolute Gasteiger partial charge is 0.339 e. The SMILES string of the molecule is O=C(Nc1cnc(N2CCC(c3ccccc3)C2)c(C(=O)O)c1)c1ccc(F)cc1. The van der Waals surface area contributed by atoms with Crippen LogP contribution < -0.4 is 10.2 Å².